The first kappa shape index (κ1) is 12.9. The predicted octanol–water partition coefficient (Wildman–Crippen LogP) is 3.01. The number of rotatable bonds is 4. The van der Waals surface area contributed by atoms with Crippen LogP contribution in [0.5, 0.6) is 0 Å². The molecule has 0 heterocycles. The minimum atomic E-state index is -1.10. The number of carboxylic acid groups (broad SMARTS) is 1. The largest absolute Gasteiger partial charge is 0.478 e. The molecule has 2 rings (SSSR count). The van der Waals surface area contributed by atoms with Crippen molar-refractivity contribution in [3.63, 3.8) is 0 Å². The van der Waals surface area contributed by atoms with Crippen LogP contribution in [0.2, 0.25) is 0 Å². The summed E-state index contributed by atoms with van der Waals surface area (Å²) in [5.74, 6) is -1.10. The molecule has 0 bridgehead atoms. The second-order valence-corrected chi connectivity index (χ2v) is 3.89. The lowest BCUT2D eigenvalue weighted by atomic mass is 10.1. The van der Waals surface area contributed by atoms with Gasteiger partial charge in [0.15, 0.2) is 0 Å². The maximum atomic E-state index is 11.3. The Balaban J connectivity index is 2.35. The Morgan fingerprint density at radius 3 is 2.00 bits per heavy atom. The molecular weight excluding hydrogens is 242 g/mol. The van der Waals surface area contributed by atoms with Crippen LogP contribution in [0.4, 0.5) is 5.69 Å². The van der Waals surface area contributed by atoms with Crippen molar-refractivity contribution < 1.29 is 15.1 Å². The van der Waals surface area contributed by atoms with E-state index in [9.17, 15) is 15.1 Å². The van der Waals surface area contributed by atoms with Crippen LogP contribution in [0.25, 0.3) is 5.57 Å². The van der Waals surface area contributed by atoms with Crippen molar-refractivity contribution in [2.75, 3.05) is 5.06 Å². The van der Waals surface area contributed by atoms with E-state index in [0.29, 0.717) is 11.3 Å². The number of carboxylic acids is 1. The first-order valence-electron chi connectivity index (χ1n) is 5.72. The fourth-order valence-corrected chi connectivity index (χ4v) is 1.65. The lowest BCUT2D eigenvalue weighted by Gasteiger charge is -2.13. The van der Waals surface area contributed by atoms with Crippen molar-refractivity contribution in [1.82, 2.24) is 0 Å². The average Bonchev–Trinajstić information content (AvgIpc) is 2.46. The molecule has 0 radical (unpaired) electrons. The number of carbonyl (C=O) groups is 1. The van der Waals surface area contributed by atoms with Crippen LogP contribution < -0.4 is 5.06 Å². The number of hydroxylamine groups is 1. The molecule has 0 aromatic heterocycles. The molecule has 0 aliphatic carbocycles. The molecule has 4 heteroatoms. The van der Waals surface area contributed by atoms with Crippen molar-refractivity contribution in [2.45, 2.75) is 0 Å². The third-order valence-corrected chi connectivity index (χ3v) is 2.59. The van der Waals surface area contributed by atoms with Gasteiger partial charge in [0, 0.05) is 6.20 Å². The number of para-hydroxylation sites is 1. The Kier molecular flexibility index (Phi) is 3.95. The summed E-state index contributed by atoms with van der Waals surface area (Å²) >= 11 is 0. The van der Waals surface area contributed by atoms with Gasteiger partial charge in [-0.1, -0.05) is 48.5 Å². The normalized spacial score (nSPS) is 11.1. The number of benzene rings is 2. The highest BCUT2D eigenvalue weighted by Crippen LogP contribution is 2.18. The highest BCUT2D eigenvalue weighted by atomic mass is 16.5. The number of anilines is 1. The summed E-state index contributed by atoms with van der Waals surface area (Å²) in [4.78, 5) is 11.3. The van der Waals surface area contributed by atoms with Crippen molar-refractivity contribution in [3.05, 3.63) is 72.4 Å². The highest BCUT2D eigenvalue weighted by molar-refractivity contribution is 6.15. The van der Waals surface area contributed by atoms with Gasteiger partial charge in [-0.05, 0) is 17.7 Å². The zero-order valence-corrected chi connectivity index (χ0v) is 10.1. The highest BCUT2D eigenvalue weighted by Gasteiger charge is 2.12. The Hall–Kier alpha value is -2.59. The molecule has 2 aromatic carbocycles. The lowest BCUT2D eigenvalue weighted by Crippen LogP contribution is -2.12. The molecule has 96 valence electrons. The van der Waals surface area contributed by atoms with Crippen molar-refractivity contribution in [1.29, 1.82) is 0 Å². The summed E-state index contributed by atoms with van der Waals surface area (Å²) < 4.78 is 0. The molecule has 0 saturated heterocycles. The van der Waals surface area contributed by atoms with E-state index in [0.717, 1.165) is 5.06 Å². The molecule has 0 amide bonds. The lowest BCUT2D eigenvalue weighted by molar-refractivity contribution is -0.130. The van der Waals surface area contributed by atoms with Crippen LogP contribution in [0, 0.1) is 0 Å². The minimum Gasteiger partial charge on any atom is -0.478 e. The zero-order chi connectivity index (χ0) is 13.7. The molecule has 0 unspecified atom stereocenters. The third kappa shape index (κ3) is 3.20. The quantitative estimate of drug-likeness (QED) is 0.651. The molecule has 19 heavy (non-hydrogen) atoms. The van der Waals surface area contributed by atoms with Crippen molar-refractivity contribution in [2.24, 2.45) is 0 Å². The number of nitrogens with zero attached hydrogens (tertiary/aromatic N) is 1. The SMILES string of the molecule is O=C(O)/C(=C/N(O)c1ccccc1)c1ccccc1. The Morgan fingerprint density at radius 2 is 1.47 bits per heavy atom. The molecular formula is C15H13NO3. The molecule has 0 atom stereocenters. The van der Waals surface area contributed by atoms with Crippen LogP contribution in [-0.4, -0.2) is 16.3 Å². The molecule has 2 aromatic rings. The third-order valence-electron chi connectivity index (χ3n) is 2.59. The average molecular weight is 255 g/mol. The molecule has 0 saturated carbocycles. The van der Waals surface area contributed by atoms with Crippen LogP contribution >= 0.6 is 0 Å². The topological polar surface area (TPSA) is 60.8 Å². The molecule has 0 aliphatic rings. The standard InChI is InChI=1S/C15H13NO3/c17-15(18)14(12-7-3-1-4-8-12)11-16(19)13-9-5-2-6-10-13/h1-11,19H,(H,17,18)/b14-11+. The van der Waals surface area contributed by atoms with E-state index in [1.807, 2.05) is 6.07 Å². The molecule has 0 spiro atoms. The van der Waals surface area contributed by atoms with Crippen LogP contribution in [-0.2, 0) is 4.79 Å². The summed E-state index contributed by atoms with van der Waals surface area (Å²) in [6.45, 7) is 0. The van der Waals surface area contributed by atoms with Gasteiger partial charge < -0.3 is 5.11 Å². The predicted molar refractivity (Wildman–Crippen MR) is 72.8 cm³/mol. The van der Waals surface area contributed by atoms with Crippen LogP contribution in [0.3, 0.4) is 0 Å². The first-order valence-corrected chi connectivity index (χ1v) is 5.72. The maximum Gasteiger partial charge on any atom is 0.337 e. The number of hydrogen-bond acceptors (Lipinski definition) is 3. The molecule has 0 fully saturated rings. The van der Waals surface area contributed by atoms with Crippen LogP contribution in [0.15, 0.2) is 66.9 Å². The second kappa shape index (κ2) is 5.84. The molecule has 0 aliphatic heterocycles. The molecule has 4 nitrogen and oxygen atoms in total. The Labute approximate surface area is 110 Å². The van der Waals surface area contributed by atoms with Gasteiger partial charge in [0.25, 0.3) is 0 Å². The van der Waals surface area contributed by atoms with Crippen molar-refractivity contribution >= 4 is 17.2 Å². The van der Waals surface area contributed by atoms with Gasteiger partial charge in [0.05, 0.1) is 11.3 Å². The van der Waals surface area contributed by atoms with Gasteiger partial charge in [-0.15, -0.1) is 0 Å². The van der Waals surface area contributed by atoms with E-state index in [4.69, 9.17) is 0 Å². The Bertz CT molecular complexity index is 579. The number of hydrogen-bond donors (Lipinski definition) is 2. The van der Waals surface area contributed by atoms with Crippen LogP contribution in [0.1, 0.15) is 5.56 Å². The number of aliphatic carboxylic acids is 1. The fourth-order valence-electron chi connectivity index (χ4n) is 1.65. The van der Waals surface area contributed by atoms with E-state index in [-0.39, 0.29) is 5.57 Å². The second-order valence-electron chi connectivity index (χ2n) is 3.89. The zero-order valence-electron chi connectivity index (χ0n) is 10.1. The summed E-state index contributed by atoms with van der Waals surface area (Å²) in [5.41, 5.74) is 1.05. The first-order chi connectivity index (χ1) is 9.18. The van der Waals surface area contributed by atoms with Gasteiger partial charge in [0.2, 0.25) is 0 Å². The van der Waals surface area contributed by atoms with E-state index in [1.165, 1.54) is 6.20 Å². The minimum absolute atomic E-state index is 0.0203. The Morgan fingerprint density at radius 1 is 0.947 bits per heavy atom. The maximum absolute atomic E-state index is 11.3. The fraction of sp³-hybridized carbons (Fsp3) is 0. The summed E-state index contributed by atoms with van der Waals surface area (Å²) in [7, 11) is 0. The van der Waals surface area contributed by atoms with Gasteiger partial charge >= 0.3 is 5.97 Å². The van der Waals surface area contributed by atoms with E-state index >= 15 is 0 Å². The molecule has 2 N–H and O–H groups in total. The van der Waals surface area contributed by atoms with E-state index in [1.54, 1.807) is 54.6 Å². The van der Waals surface area contributed by atoms with Crippen molar-refractivity contribution in [3.8, 4) is 0 Å². The summed E-state index contributed by atoms with van der Waals surface area (Å²) in [6.07, 6.45) is 1.19. The van der Waals surface area contributed by atoms with E-state index < -0.39 is 5.97 Å². The van der Waals surface area contributed by atoms with E-state index in [2.05, 4.69) is 0 Å². The monoisotopic (exact) mass is 255 g/mol. The van der Waals surface area contributed by atoms with Gasteiger partial charge in [0.1, 0.15) is 0 Å². The van der Waals surface area contributed by atoms with Gasteiger partial charge in [-0.3, -0.25) is 5.21 Å². The summed E-state index contributed by atoms with van der Waals surface area (Å²) in [6, 6.07) is 17.4. The smallest absolute Gasteiger partial charge is 0.337 e. The van der Waals surface area contributed by atoms with Gasteiger partial charge in [-0.25, -0.2) is 9.86 Å². The van der Waals surface area contributed by atoms with Gasteiger partial charge in [-0.2, -0.15) is 0 Å². The summed E-state index contributed by atoms with van der Waals surface area (Å²) in [5, 5.41) is 19.9.